The van der Waals surface area contributed by atoms with E-state index in [0.29, 0.717) is 6.04 Å². The van der Waals surface area contributed by atoms with Gasteiger partial charge in [-0.15, -0.1) is 0 Å². The first-order valence-electron chi connectivity index (χ1n) is 7.00. The predicted molar refractivity (Wildman–Crippen MR) is 78.5 cm³/mol. The molecule has 19 heavy (non-hydrogen) atoms. The number of fused-ring (bicyclic) bond motifs is 3. The van der Waals surface area contributed by atoms with Crippen LogP contribution in [0.3, 0.4) is 0 Å². The van der Waals surface area contributed by atoms with E-state index < -0.39 is 0 Å². The molecule has 0 radical (unpaired) electrons. The highest BCUT2D eigenvalue weighted by Crippen LogP contribution is 2.34. The summed E-state index contributed by atoms with van der Waals surface area (Å²) in [5, 5.41) is 2.73. The van der Waals surface area contributed by atoms with Gasteiger partial charge in [0.05, 0.1) is 0 Å². The highest BCUT2D eigenvalue weighted by Gasteiger charge is 2.20. The molecule has 1 aliphatic rings. The summed E-state index contributed by atoms with van der Waals surface area (Å²) in [5.41, 5.74) is 2.71. The number of aromatic nitrogens is 1. The highest BCUT2D eigenvalue weighted by atomic mass is 16.5. The summed E-state index contributed by atoms with van der Waals surface area (Å²) in [7, 11) is 0. The Bertz CT molecular complexity index is 669. The smallest absolute Gasteiger partial charge is 0.0494 e. The van der Waals surface area contributed by atoms with Gasteiger partial charge < -0.3 is 9.30 Å². The van der Waals surface area contributed by atoms with E-state index >= 15 is 0 Å². The number of ether oxygens (including phenoxy) is 1. The van der Waals surface area contributed by atoms with Crippen LogP contribution in [0.5, 0.6) is 0 Å². The van der Waals surface area contributed by atoms with Crippen molar-refractivity contribution in [2.75, 3.05) is 13.2 Å². The molecule has 0 spiro atoms. The summed E-state index contributed by atoms with van der Waals surface area (Å²) in [6.45, 7) is 1.76. The van der Waals surface area contributed by atoms with Crippen molar-refractivity contribution in [3.63, 3.8) is 0 Å². The molecule has 3 aromatic rings. The van der Waals surface area contributed by atoms with Crippen LogP contribution in [0.4, 0.5) is 0 Å². The number of hydrogen-bond acceptors (Lipinski definition) is 1. The molecule has 0 unspecified atom stereocenters. The summed E-state index contributed by atoms with van der Waals surface area (Å²) < 4.78 is 8.03. The van der Waals surface area contributed by atoms with Crippen molar-refractivity contribution in [1.29, 1.82) is 0 Å². The zero-order valence-electron chi connectivity index (χ0n) is 10.9. The molecule has 0 N–H and O–H groups in total. The van der Waals surface area contributed by atoms with Gasteiger partial charge in [-0.3, -0.25) is 0 Å². The lowest BCUT2D eigenvalue weighted by Crippen LogP contribution is -2.19. The third-order valence-corrected chi connectivity index (χ3v) is 4.17. The normalized spacial score (nSPS) is 17.3. The van der Waals surface area contributed by atoms with E-state index in [1.807, 2.05) is 0 Å². The van der Waals surface area contributed by atoms with Gasteiger partial charge in [-0.25, -0.2) is 0 Å². The van der Waals surface area contributed by atoms with E-state index in [0.717, 1.165) is 26.1 Å². The average Bonchev–Trinajstić information content (AvgIpc) is 2.83. The summed E-state index contributed by atoms with van der Waals surface area (Å²) in [6.07, 6.45) is 2.23. The molecule has 1 aromatic heterocycles. The molecule has 0 bridgehead atoms. The maximum atomic E-state index is 5.51. The fourth-order valence-corrected chi connectivity index (χ4v) is 3.29. The van der Waals surface area contributed by atoms with Crippen LogP contribution in [0, 0.1) is 0 Å². The SMILES string of the molecule is c1ccc2c(c1)c1ccccc1n2C1CCOCC1. The van der Waals surface area contributed by atoms with Crippen molar-refractivity contribution >= 4 is 21.8 Å². The highest BCUT2D eigenvalue weighted by molar-refractivity contribution is 6.08. The van der Waals surface area contributed by atoms with Crippen molar-refractivity contribution in [2.45, 2.75) is 18.9 Å². The second kappa shape index (κ2) is 4.39. The fraction of sp³-hybridized carbons (Fsp3) is 0.294. The minimum atomic E-state index is 0.568. The van der Waals surface area contributed by atoms with Crippen LogP contribution >= 0.6 is 0 Å². The number of nitrogens with zero attached hydrogens (tertiary/aromatic N) is 1. The largest absolute Gasteiger partial charge is 0.381 e. The Kier molecular flexibility index (Phi) is 2.56. The Morgan fingerprint density at radius 1 is 0.789 bits per heavy atom. The van der Waals surface area contributed by atoms with Crippen LogP contribution in [0.25, 0.3) is 21.8 Å². The molecule has 0 aliphatic carbocycles. The van der Waals surface area contributed by atoms with Gasteiger partial charge in [-0.2, -0.15) is 0 Å². The standard InChI is InChI=1S/C17H17NO/c1-3-7-16-14(5-1)15-6-2-4-8-17(15)18(16)13-9-11-19-12-10-13/h1-8,13H,9-12H2. The number of para-hydroxylation sites is 2. The molecule has 1 aliphatic heterocycles. The molecule has 0 amide bonds. The van der Waals surface area contributed by atoms with Crippen molar-refractivity contribution < 1.29 is 4.74 Å². The first-order valence-corrected chi connectivity index (χ1v) is 7.00. The summed E-state index contributed by atoms with van der Waals surface area (Å²) in [6, 6.07) is 18.0. The molecular weight excluding hydrogens is 234 g/mol. The van der Waals surface area contributed by atoms with E-state index in [9.17, 15) is 0 Å². The van der Waals surface area contributed by atoms with Crippen LogP contribution in [-0.2, 0) is 4.74 Å². The first kappa shape index (κ1) is 11.1. The van der Waals surface area contributed by atoms with Crippen LogP contribution in [0.1, 0.15) is 18.9 Å². The summed E-state index contributed by atoms with van der Waals surface area (Å²) >= 11 is 0. The van der Waals surface area contributed by atoms with Gasteiger partial charge >= 0.3 is 0 Å². The van der Waals surface area contributed by atoms with E-state index in [2.05, 4.69) is 53.1 Å². The van der Waals surface area contributed by atoms with E-state index in [1.54, 1.807) is 0 Å². The molecule has 0 atom stereocenters. The molecule has 1 fully saturated rings. The second-order valence-electron chi connectivity index (χ2n) is 5.25. The van der Waals surface area contributed by atoms with Crippen molar-refractivity contribution in [3.05, 3.63) is 48.5 Å². The molecule has 2 heterocycles. The molecule has 4 rings (SSSR count). The van der Waals surface area contributed by atoms with Crippen LogP contribution in [-0.4, -0.2) is 17.8 Å². The third kappa shape index (κ3) is 1.67. The van der Waals surface area contributed by atoms with Crippen molar-refractivity contribution in [1.82, 2.24) is 4.57 Å². The van der Waals surface area contributed by atoms with Gasteiger partial charge in [-0.1, -0.05) is 36.4 Å². The van der Waals surface area contributed by atoms with Gasteiger partial charge in [0.15, 0.2) is 0 Å². The van der Waals surface area contributed by atoms with Crippen LogP contribution < -0.4 is 0 Å². The van der Waals surface area contributed by atoms with Gasteiger partial charge in [0.1, 0.15) is 0 Å². The zero-order chi connectivity index (χ0) is 12.7. The molecule has 0 saturated carbocycles. The van der Waals surface area contributed by atoms with E-state index in [-0.39, 0.29) is 0 Å². The molecule has 96 valence electrons. The van der Waals surface area contributed by atoms with Crippen molar-refractivity contribution in [2.24, 2.45) is 0 Å². The van der Waals surface area contributed by atoms with Gasteiger partial charge in [0.2, 0.25) is 0 Å². The lowest BCUT2D eigenvalue weighted by molar-refractivity contribution is 0.0717. The molecule has 2 aromatic carbocycles. The lowest BCUT2D eigenvalue weighted by Gasteiger charge is -2.25. The number of benzene rings is 2. The van der Waals surface area contributed by atoms with Gasteiger partial charge in [-0.05, 0) is 25.0 Å². The maximum absolute atomic E-state index is 5.51. The Balaban J connectivity index is 2.04. The van der Waals surface area contributed by atoms with Crippen LogP contribution in [0.15, 0.2) is 48.5 Å². The number of rotatable bonds is 1. The summed E-state index contributed by atoms with van der Waals surface area (Å²) in [4.78, 5) is 0. The van der Waals surface area contributed by atoms with E-state index in [1.165, 1.54) is 21.8 Å². The second-order valence-corrected chi connectivity index (χ2v) is 5.25. The molecule has 2 nitrogen and oxygen atoms in total. The quantitative estimate of drug-likeness (QED) is 0.634. The van der Waals surface area contributed by atoms with Gasteiger partial charge in [0.25, 0.3) is 0 Å². The van der Waals surface area contributed by atoms with Crippen LogP contribution in [0.2, 0.25) is 0 Å². The summed E-state index contributed by atoms with van der Waals surface area (Å²) in [5.74, 6) is 0. The Morgan fingerprint density at radius 3 is 1.89 bits per heavy atom. The molecule has 2 heteroatoms. The fourth-order valence-electron chi connectivity index (χ4n) is 3.29. The topological polar surface area (TPSA) is 14.2 Å². The Hall–Kier alpha value is -1.80. The third-order valence-electron chi connectivity index (χ3n) is 4.17. The lowest BCUT2D eigenvalue weighted by atomic mass is 10.1. The van der Waals surface area contributed by atoms with Gasteiger partial charge in [0, 0.05) is 41.1 Å². The van der Waals surface area contributed by atoms with Crippen molar-refractivity contribution in [3.8, 4) is 0 Å². The number of hydrogen-bond donors (Lipinski definition) is 0. The first-order chi connectivity index (χ1) is 9.45. The average molecular weight is 251 g/mol. The minimum Gasteiger partial charge on any atom is -0.381 e. The molecular formula is C17H17NO. The molecule has 1 saturated heterocycles. The predicted octanol–water partition coefficient (Wildman–Crippen LogP) is 4.15. The Labute approximate surface area is 112 Å². The van der Waals surface area contributed by atoms with E-state index in [4.69, 9.17) is 4.74 Å². The minimum absolute atomic E-state index is 0.568. The zero-order valence-corrected chi connectivity index (χ0v) is 10.9. The monoisotopic (exact) mass is 251 g/mol. The Morgan fingerprint density at radius 2 is 1.32 bits per heavy atom. The maximum Gasteiger partial charge on any atom is 0.0494 e.